The van der Waals surface area contributed by atoms with Crippen LogP contribution in [0.2, 0.25) is 0 Å². The fraction of sp³-hybridized carbons (Fsp3) is 0. The summed E-state index contributed by atoms with van der Waals surface area (Å²) in [5.74, 6) is 0. The fourth-order valence-electron chi connectivity index (χ4n) is 2.88. The van der Waals surface area contributed by atoms with Crippen LogP contribution in [0.4, 0.5) is 0 Å². The molecule has 0 unspecified atom stereocenters. The molecule has 0 aliphatic heterocycles. The first-order valence-electron chi connectivity index (χ1n) is 6.99. The third-order valence-electron chi connectivity index (χ3n) is 3.91. The van der Waals surface area contributed by atoms with Crippen molar-refractivity contribution in [3.8, 4) is 11.1 Å². The molecule has 0 atom stereocenters. The van der Waals surface area contributed by atoms with Crippen LogP contribution in [0.25, 0.3) is 32.7 Å². The maximum Gasteiger partial charge on any atom is 0.0253 e. The first kappa shape index (κ1) is 12.6. The number of halogens is 1. The molecule has 0 nitrogen and oxygen atoms in total. The maximum atomic E-state index is 3.67. The van der Waals surface area contributed by atoms with Gasteiger partial charge in [-0.3, -0.25) is 0 Å². The second-order valence-corrected chi connectivity index (χ2v) is 6.06. The molecule has 0 aromatic heterocycles. The molecule has 4 aromatic carbocycles. The smallest absolute Gasteiger partial charge is 0.0253 e. The van der Waals surface area contributed by atoms with Crippen molar-refractivity contribution in [2.75, 3.05) is 0 Å². The molecule has 0 spiro atoms. The van der Waals surface area contributed by atoms with Gasteiger partial charge in [0.05, 0.1) is 0 Å². The Labute approximate surface area is 132 Å². The monoisotopic (exact) mass is 332 g/mol. The van der Waals surface area contributed by atoms with Crippen LogP contribution in [-0.4, -0.2) is 0 Å². The molecule has 21 heavy (non-hydrogen) atoms. The molecular formula is C20H13Br. The average molecular weight is 333 g/mol. The highest BCUT2D eigenvalue weighted by atomic mass is 79.9. The summed E-state index contributed by atoms with van der Waals surface area (Å²) in [5.41, 5.74) is 2.50. The van der Waals surface area contributed by atoms with E-state index in [1.807, 2.05) is 6.07 Å². The molecule has 4 aromatic rings. The van der Waals surface area contributed by atoms with E-state index in [0.29, 0.717) is 0 Å². The van der Waals surface area contributed by atoms with Gasteiger partial charge in [-0.25, -0.2) is 0 Å². The Kier molecular flexibility index (Phi) is 3.01. The Morgan fingerprint density at radius 2 is 1.14 bits per heavy atom. The molecule has 4 rings (SSSR count). The van der Waals surface area contributed by atoms with E-state index >= 15 is 0 Å². The minimum atomic E-state index is 1.13. The maximum absolute atomic E-state index is 3.67. The van der Waals surface area contributed by atoms with E-state index in [1.165, 1.54) is 32.7 Å². The fourth-order valence-corrected chi connectivity index (χ4v) is 3.38. The molecule has 100 valence electrons. The minimum absolute atomic E-state index is 1.13. The predicted octanol–water partition coefficient (Wildman–Crippen LogP) is 6.42. The molecule has 0 fully saturated rings. The zero-order valence-electron chi connectivity index (χ0n) is 11.4. The van der Waals surface area contributed by atoms with Crippen molar-refractivity contribution < 1.29 is 0 Å². The molecular weight excluding hydrogens is 320 g/mol. The predicted molar refractivity (Wildman–Crippen MR) is 94.6 cm³/mol. The van der Waals surface area contributed by atoms with Gasteiger partial charge in [0.2, 0.25) is 0 Å². The molecule has 0 amide bonds. The SMILES string of the molecule is Brc1ccccc1-c1cccc2cc3ccccc3cc12. The number of fused-ring (bicyclic) bond motifs is 2. The average Bonchev–Trinajstić information content (AvgIpc) is 2.53. The first-order valence-corrected chi connectivity index (χ1v) is 7.79. The Morgan fingerprint density at radius 3 is 1.95 bits per heavy atom. The van der Waals surface area contributed by atoms with Crippen molar-refractivity contribution in [3.05, 3.63) is 83.3 Å². The van der Waals surface area contributed by atoms with E-state index in [-0.39, 0.29) is 0 Å². The molecule has 0 N–H and O–H groups in total. The topological polar surface area (TPSA) is 0 Å². The largest absolute Gasteiger partial charge is 0.0616 e. The molecule has 0 bridgehead atoms. The van der Waals surface area contributed by atoms with Crippen LogP contribution in [0.5, 0.6) is 0 Å². The molecule has 0 aliphatic rings. The van der Waals surface area contributed by atoms with Crippen LogP contribution in [0, 0.1) is 0 Å². The second-order valence-electron chi connectivity index (χ2n) is 5.21. The Hall–Kier alpha value is -2.12. The van der Waals surface area contributed by atoms with Crippen molar-refractivity contribution in [1.29, 1.82) is 0 Å². The van der Waals surface area contributed by atoms with Gasteiger partial charge in [0.15, 0.2) is 0 Å². The van der Waals surface area contributed by atoms with Crippen molar-refractivity contribution in [2.45, 2.75) is 0 Å². The number of hydrogen-bond donors (Lipinski definition) is 0. The third kappa shape index (κ3) is 2.14. The van der Waals surface area contributed by atoms with Crippen LogP contribution < -0.4 is 0 Å². The minimum Gasteiger partial charge on any atom is -0.0616 e. The molecule has 1 heteroatoms. The van der Waals surface area contributed by atoms with Gasteiger partial charge in [-0.1, -0.05) is 76.6 Å². The summed E-state index contributed by atoms with van der Waals surface area (Å²) in [6, 6.07) is 28.0. The van der Waals surface area contributed by atoms with Crippen molar-refractivity contribution >= 4 is 37.5 Å². The normalized spacial score (nSPS) is 11.1. The Balaban J connectivity index is 2.10. The van der Waals surface area contributed by atoms with Crippen LogP contribution in [-0.2, 0) is 0 Å². The third-order valence-corrected chi connectivity index (χ3v) is 4.60. The summed E-state index contributed by atoms with van der Waals surface area (Å²) < 4.78 is 1.13. The van der Waals surface area contributed by atoms with Crippen molar-refractivity contribution in [2.24, 2.45) is 0 Å². The van der Waals surface area contributed by atoms with Gasteiger partial charge in [-0.05, 0) is 50.9 Å². The summed E-state index contributed by atoms with van der Waals surface area (Å²) in [4.78, 5) is 0. The van der Waals surface area contributed by atoms with Gasteiger partial charge in [-0.15, -0.1) is 0 Å². The molecule has 0 radical (unpaired) electrons. The lowest BCUT2D eigenvalue weighted by Gasteiger charge is -2.10. The van der Waals surface area contributed by atoms with Crippen molar-refractivity contribution in [1.82, 2.24) is 0 Å². The molecule has 0 saturated heterocycles. The number of hydrogen-bond acceptors (Lipinski definition) is 0. The van der Waals surface area contributed by atoms with E-state index < -0.39 is 0 Å². The lowest BCUT2D eigenvalue weighted by molar-refractivity contribution is 1.61. The van der Waals surface area contributed by atoms with E-state index in [0.717, 1.165) is 4.47 Å². The van der Waals surface area contributed by atoms with Gasteiger partial charge in [-0.2, -0.15) is 0 Å². The highest BCUT2D eigenvalue weighted by Gasteiger charge is 2.07. The molecule has 0 heterocycles. The van der Waals surface area contributed by atoms with Gasteiger partial charge in [0.1, 0.15) is 0 Å². The van der Waals surface area contributed by atoms with Gasteiger partial charge >= 0.3 is 0 Å². The van der Waals surface area contributed by atoms with Gasteiger partial charge in [0.25, 0.3) is 0 Å². The zero-order chi connectivity index (χ0) is 14.2. The van der Waals surface area contributed by atoms with Gasteiger partial charge < -0.3 is 0 Å². The first-order chi connectivity index (χ1) is 10.3. The van der Waals surface area contributed by atoms with E-state index in [2.05, 4.69) is 88.7 Å². The quantitative estimate of drug-likeness (QED) is 0.352. The Bertz CT molecular complexity index is 954. The summed E-state index contributed by atoms with van der Waals surface area (Å²) in [5, 5.41) is 5.14. The van der Waals surface area contributed by atoms with E-state index in [9.17, 15) is 0 Å². The number of benzene rings is 4. The summed E-state index contributed by atoms with van der Waals surface area (Å²) in [6.07, 6.45) is 0. The van der Waals surface area contributed by atoms with E-state index in [4.69, 9.17) is 0 Å². The lowest BCUT2D eigenvalue weighted by Crippen LogP contribution is -1.83. The highest BCUT2D eigenvalue weighted by Crippen LogP contribution is 2.35. The second kappa shape index (κ2) is 5.01. The highest BCUT2D eigenvalue weighted by molar-refractivity contribution is 9.10. The lowest BCUT2D eigenvalue weighted by atomic mass is 9.96. The van der Waals surface area contributed by atoms with Crippen LogP contribution in [0.15, 0.2) is 83.3 Å². The molecule has 0 saturated carbocycles. The molecule has 0 aliphatic carbocycles. The summed E-state index contributed by atoms with van der Waals surface area (Å²) in [6.45, 7) is 0. The van der Waals surface area contributed by atoms with Gasteiger partial charge in [0, 0.05) is 4.47 Å². The van der Waals surface area contributed by atoms with Crippen LogP contribution >= 0.6 is 15.9 Å². The van der Waals surface area contributed by atoms with Crippen molar-refractivity contribution in [3.63, 3.8) is 0 Å². The summed E-state index contributed by atoms with van der Waals surface area (Å²) in [7, 11) is 0. The Morgan fingerprint density at radius 1 is 0.524 bits per heavy atom. The standard InChI is InChI=1S/C20H13Br/c21-20-11-4-3-9-18(20)17-10-5-8-16-12-14-6-1-2-7-15(14)13-19(16)17/h1-13H. The van der Waals surface area contributed by atoms with E-state index in [1.54, 1.807) is 0 Å². The summed E-state index contributed by atoms with van der Waals surface area (Å²) >= 11 is 3.67. The van der Waals surface area contributed by atoms with Crippen LogP contribution in [0.3, 0.4) is 0 Å². The zero-order valence-corrected chi connectivity index (χ0v) is 13.0. The van der Waals surface area contributed by atoms with Crippen LogP contribution in [0.1, 0.15) is 0 Å². The number of rotatable bonds is 1.